The maximum atomic E-state index is 12.2. The number of ether oxygens (including phenoxy) is 2. The van der Waals surface area contributed by atoms with Gasteiger partial charge in [-0.15, -0.1) is 0 Å². The van der Waals surface area contributed by atoms with Gasteiger partial charge in [-0.1, -0.05) is 30.3 Å². The highest BCUT2D eigenvalue weighted by atomic mass is 16.6. The quantitative estimate of drug-likeness (QED) is 0.445. The van der Waals surface area contributed by atoms with Gasteiger partial charge in [0.25, 0.3) is 17.5 Å². The first-order valence-corrected chi connectivity index (χ1v) is 9.50. The number of nitro benzene ring substituents is 1. The summed E-state index contributed by atoms with van der Waals surface area (Å²) in [7, 11) is 0. The number of amides is 2. The second kappa shape index (κ2) is 9.57. The first kappa shape index (κ1) is 21.6. The Hall–Kier alpha value is -4.14. The van der Waals surface area contributed by atoms with Crippen molar-refractivity contribution in [3.63, 3.8) is 0 Å². The average Bonchev–Trinajstić information content (AvgIpc) is 2.77. The Bertz CT molecular complexity index is 1100. The fraction of sp³-hybridized carbons (Fsp3) is 0.182. The van der Waals surface area contributed by atoms with Gasteiger partial charge in [0.1, 0.15) is 11.5 Å². The molecule has 3 aromatic rings. The number of nitrogens with zero attached hydrogens (tertiary/aromatic N) is 1. The van der Waals surface area contributed by atoms with E-state index in [-0.39, 0.29) is 11.4 Å². The van der Waals surface area contributed by atoms with E-state index in [1.54, 1.807) is 13.0 Å². The smallest absolute Gasteiger partial charge is 0.279 e. The molecule has 3 rings (SSSR count). The molecule has 0 aromatic heterocycles. The lowest BCUT2D eigenvalue weighted by molar-refractivity contribution is -0.384. The minimum absolute atomic E-state index is 0.0860. The van der Waals surface area contributed by atoms with Crippen molar-refractivity contribution in [2.75, 3.05) is 0 Å². The summed E-state index contributed by atoms with van der Waals surface area (Å²) in [6, 6.07) is 18.6. The van der Waals surface area contributed by atoms with E-state index in [1.807, 2.05) is 36.4 Å². The van der Waals surface area contributed by atoms with Gasteiger partial charge >= 0.3 is 0 Å². The van der Waals surface area contributed by atoms with Gasteiger partial charge in [-0.3, -0.25) is 30.6 Å². The molecule has 2 unspecified atom stereocenters. The fourth-order valence-corrected chi connectivity index (χ4v) is 2.73. The summed E-state index contributed by atoms with van der Waals surface area (Å²) >= 11 is 0. The van der Waals surface area contributed by atoms with Gasteiger partial charge in [-0.2, -0.15) is 0 Å². The zero-order valence-corrected chi connectivity index (χ0v) is 16.9. The third-order valence-corrected chi connectivity index (χ3v) is 4.44. The molecular formula is C22H21N3O6. The van der Waals surface area contributed by atoms with E-state index in [9.17, 15) is 19.7 Å². The Morgan fingerprint density at radius 1 is 0.806 bits per heavy atom. The third kappa shape index (κ3) is 5.69. The fourth-order valence-electron chi connectivity index (χ4n) is 2.73. The topological polar surface area (TPSA) is 120 Å². The summed E-state index contributed by atoms with van der Waals surface area (Å²) in [6.07, 6.45) is -1.80. The van der Waals surface area contributed by atoms with Crippen molar-refractivity contribution in [1.82, 2.24) is 10.9 Å². The number of hydrogen-bond acceptors (Lipinski definition) is 6. The van der Waals surface area contributed by atoms with Gasteiger partial charge in [0, 0.05) is 12.1 Å². The molecule has 2 N–H and O–H groups in total. The number of nitrogens with one attached hydrogen (secondary N) is 2. The maximum Gasteiger partial charge on any atom is 0.279 e. The van der Waals surface area contributed by atoms with Crippen LogP contribution < -0.4 is 20.3 Å². The van der Waals surface area contributed by atoms with Crippen LogP contribution in [0, 0.1) is 10.1 Å². The second-order valence-corrected chi connectivity index (χ2v) is 6.76. The van der Waals surface area contributed by atoms with Gasteiger partial charge in [-0.05, 0) is 48.9 Å². The number of fused-ring (bicyclic) bond motifs is 1. The van der Waals surface area contributed by atoms with Crippen LogP contribution in [0.15, 0.2) is 66.7 Å². The summed E-state index contributed by atoms with van der Waals surface area (Å²) in [5, 5.41) is 12.7. The summed E-state index contributed by atoms with van der Waals surface area (Å²) in [5.74, 6) is -0.316. The summed E-state index contributed by atoms with van der Waals surface area (Å²) in [4.78, 5) is 34.5. The Morgan fingerprint density at radius 2 is 1.32 bits per heavy atom. The Kier molecular flexibility index (Phi) is 6.66. The van der Waals surface area contributed by atoms with Crippen molar-refractivity contribution in [2.24, 2.45) is 0 Å². The van der Waals surface area contributed by atoms with Crippen LogP contribution in [0.25, 0.3) is 10.8 Å². The summed E-state index contributed by atoms with van der Waals surface area (Å²) < 4.78 is 11.1. The molecule has 0 spiro atoms. The lowest BCUT2D eigenvalue weighted by Gasteiger charge is -2.18. The van der Waals surface area contributed by atoms with Crippen molar-refractivity contribution < 1.29 is 24.0 Å². The van der Waals surface area contributed by atoms with Crippen molar-refractivity contribution in [3.8, 4) is 11.5 Å². The largest absolute Gasteiger partial charge is 0.481 e. The lowest BCUT2D eigenvalue weighted by Crippen LogP contribution is -2.50. The van der Waals surface area contributed by atoms with Crippen LogP contribution in [-0.4, -0.2) is 28.9 Å². The monoisotopic (exact) mass is 423 g/mol. The molecule has 9 nitrogen and oxygen atoms in total. The molecule has 0 aliphatic carbocycles. The van der Waals surface area contributed by atoms with Crippen LogP contribution in [0.1, 0.15) is 13.8 Å². The molecule has 0 fully saturated rings. The summed E-state index contributed by atoms with van der Waals surface area (Å²) in [6.45, 7) is 3.05. The molecule has 0 heterocycles. The maximum absolute atomic E-state index is 12.2. The summed E-state index contributed by atoms with van der Waals surface area (Å²) in [5.41, 5.74) is 4.49. The number of hydrogen-bond donors (Lipinski definition) is 2. The number of rotatable bonds is 7. The number of carbonyl (C=O) groups is 2. The number of nitro groups is 1. The number of benzene rings is 3. The van der Waals surface area contributed by atoms with E-state index in [2.05, 4.69) is 10.9 Å². The molecule has 0 aliphatic heterocycles. The molecule has 0 saturated carbocycles. The van der Waals surface area contributed by atoms with Gasteiger partial charge in [0.05, 0.1) is 4.92 Å². The highest BCUT2D eigenvalue weighted by Gasteiger charge is 2.19. The van der Waals surface area contributed by atoms with Crippen LogP contribution in [0.4, 0.5) is 5.69 Å². The van der Waals surface area contributed by atoms with E-state index >= 15 is 0 Å². The highest BCUT2D eigenvalue weighted by Crippen LogP contribution is 2.21. The van der Waals surface area contributed by atoms with Crippen molar-refractivity contribution in [2.45, 2.75) is 26.1 Å². The standard InChI is InChI=1S/C22H21N3O6/c1-14(30-19-11-8-18(9-12-19)25(28)29)21(26)23-24-22(27)15(2)31-20-10-7-16-5-3-4-6-17(16)13-20/h3-15H,1-2H3,(H,23,26)(H,24,27). The van der Waals surface area contributed by atoms with E-state index in [0.717, 1.165) is 10.8 Å². The lowest BCUT2D eigenvalue weighted by atomic mass is 10.1. The van der Waals surface area contributed by atoms with Crippen LogP contribution in [0.5, 0.6) is 11.5 Å². The van der Waals surface area contributed by atoms with Crippen molar-refractivity contribution >= 4 is 28.3 Å². The molecule has 9 heteroatoms. The normalized spacial score (nSPS) is 12.5. The van der Waals surface area contributed by atoms with E-state index in [1.165, 1.54) is 31.2 Å². The van der Waals surface area contributed by atoms with Crippen molar-refractivity contribution in [3.05, 3.63) is 76.8 Å². The van der Waals surface area contributed by atoms with E-state index < -0.39 is 28.9 Å². The third-order valence-electron chi connectivity index (χ3n) is 4.44. The number of carbonyl (C=O) groups excluding carboxylic acids is 2. The molecule has 0 bridgehead atoms. The molecule has 3 aromatic carbocycles. The first-order chi connectivity index (χ1) is 14.8. The van der Waals surface area contributed by atoms with Crippen LogP contribution in [0.2, 0.25) is 0 Å². The van der Waals surface area contributed by atoms with Crippen LogP contribution >= 0.6 is 0 Å². The van der Waals surface area contributed by atoms with Crippen molar-refractivity contribution in [1.29, 1.82) is 0 Å². The SMILES string of the molecule is CC(Oc1ccc([N+](=O)[O-])cc1)C(=O)NNC(=O)C(C)Oc1ccc2ccccc2c1. The number of non-ortho nitro benzene ring substituents is 1. The van der Waals surface area contributed by atoms with E-state index in [4.69, 9.17) is 9.47 Å². The molecule has 2 atom stereocenters. The Labute approximate surface area is 178 Å². The predicted octanol–water partition coefficient (Wildman–Crippen LogP) is 3.13. The van der Waals surface area contributed by atoms with Gasteiger partial charge in [-0.25, -0.2) is 0 Å². The molecule has 0 saturated heterocycles. The number of hydrazine groups is 1. The Balaban J connectivity index is 1.48. The minimum atomic E-state index is -0.946. The molecular weight excluding hydrogens is 402 g/mol. The predicted molar refractivity (Wildman–Crippen MR) is 114 cm³/mol. The zero-order chi connectivity index (χ0) is 22.4. The van der Waals surface area contributed by atoms with Gasteiger partial charge in [0.15, 0.2) is 12.2 Å². The molecule has 0 aliphatic rings. The average molecular weight is 423 g/mol. The van der Waals surface area contributed by atoms with Crippen LogP contribution in [-0.2, 0) is 9.59 Å². The van der Waals surface area contributed by atoms with Crippen LogP contribution in [0.3, 0.4) is 0 Å². The minimum Gasteiger partial charge on any atom is -0.481 e. The first-order valence-electron chi connectivity index (χ1n) is 9.50. The van der Waals surface area contributed by atoms with Gasteiger partial charge < -0.3 is 9.47 Å². The molecule has 0 radical (unpaired) electrons. The molecule has 160 valence electrons. The molecule has 31 heavy (non-hydrogen) atoms. The second-order valence-electron chi connectivity index (χ2n) is 6.76. The zero-order valence-electron chi connectivity index (χ0n) is 16.9. The Morgan fingerprint density at radius 3 is 1.90 bits per heavy atom. The van der Waals surface area contributed by atoms with Gasteiger partial charge in [0.2, 0.25) is 0 Å². The molecule has 2 amide bonds. The van der Waals surface area contributed by atoms with E-state index in [0.29, 0.717) is 5.75 Å². The highest BCUT2D eigenvalue weighted by molar-refractivity contribution is 5.87.